The first-order valence-electron chi connectivity index (χ1n) is 17.3. The Kier molecular flexibility index (Phi) is 13.7. The van der Waals surface area contributed by atoms with Crippen LogP contribution in [0, 0.1) is 5.92 Å². The monoisotopic (exact) mass is 774 g/mol. The lowest BCUT2D eigenvalue weighted by molar-refractivity contribution is -0.143. The molecule has 1 heterocycles. The predicted molar refractivity (Wildman–Crippen MR) is 188 cm³/mol. The Hall–Kier alpha value is -5.41. The van der Waals surface area contributed by atoms with Crippen molar-refractivity contribution in [2.45, 2.75) is 88.6 Å². The molecule has 0 aliphatic carbocycles. The summed E-state index contributed by atoms with van der Waals surface area (Å²) in [6.07, 6.45) is -11.4. The van der Waals surface area contributed by atoms with Crippen LogP contribution in [0.15, 0.2) is 84.0 Å². The lowest BCUT2D eigenvalue weighted by Gasteiger charge is -2.27. The number of amides is 3. The van der Waals surface area contributed by atoms with Gasteiger partial charge in [-0.15, -0.1) is 0 Å². The standard InChI is InChI=1S/C38H40F6N6O5/c1-22(2)14-28(32(51)36(3)21-55-36)46-33(52)30(19-25-15-26(37(39,40)41)20-27(16-25)38(42,43)44)47-34(53)29(17-23-10-6-4-7-11-23)48-35(54)31(49-50-45)18-24-12-8-5-9-13-24/h4-13,15-16,20,22,28-31H,14,17-19,21H2,1-3H3,(H,46,52)(H,47,53)(H,48,54)/t28-,29-,30-,31?,36+/m0/s1. The number of hydrogen-bond acceptors (Lipinski definition) is 6. The topological polar surface area (TPSA) is 166 Å². The first-order valence-corrected chi connectivity index (χ1v) is 17.3. The number of Topliss-reactive ketones (excluding diaryl/α,β-unsaturated/α-hetero) is 1. The second kappa shape index (κ2) is 17.8. The van der Waals surface area contributed by atoms with Crippen LogP contribution in [-0.2, 0) is 55.5 Å². The number of epoxide rings is 1. The predicted octanol–water partition coefficient (Wildman–Crippen LogP) is 6.29. The van der Waals surface area contributed by atoms with Crippen LogP contribution >= 0.6 is 0 Å². The highest BCUT2D eigenvalue weighted by atomic mass is 19.4. The first-order chi connectivity index (χ1) is 25.8. The molecule has 1 unspecified atom stereocenters. The highest BCUT2D eigenvalue weighted by molar-refractivity contribution is 5.98. The van der Waals surface area contributed by atoms with Gasteiger partial charge in [-0.1, -0.05) is 79.6 Å². The molecule has 17 heteroatoms. The summed E-state index contributed by atoms with van der Waals surface area (Å²) in [7, 11) is 0. The minimum atomic E-state index is -5.20. The van der Waals surface area contributed by atoms with E-state index in [2.05, 4.69) is 26.0 Å². The maximum absolute atomic E-state index is 14.1. The second-order valence-corrected chi connectivity index (χ2v) is 13.9. The van der Waals surface area contributed by atoms with E-state index in [0.717, 1.165) is 0 Å². The van der Waals surface area contributed by atoms with E-state index < -0.39 is 88.7 Å². The Labute approximate surface area is 312 Å². The molecular weight excluding hydrogens is 734 g/mol. The number of nitrogens with zero attached hydrogens (tertiary/aromatic N) is 3. The zero-order chi connectivity index (χ0) is 40.6. The van der Waals surface area contributed by atoms with E-state index in [9.17, 15) is 51.1 Å². The molecule has 294 valence electrons. The van der Waals surface area contributed by atoms with Gasteiger partial charge in [0.2, 0.25) is 17.7 Å². The summed E-state index contributed by atoms with van der Waals surface area (Å²) >= 11 is 0. The third-order valence-electron chi connectivity index (χ3n) is 8.84. The molecule has 55 heavy (non-hydrogen) atoms. The molecule has 0 spiro atoms. The van der Waals surface area contributed by atoms with Crippen LogP contribution in [0.3, 0.4) is 0 Å². The highest BCUT2D eigenvalue weighted by Crippen LogP contribution is 2.37. The fraction of sp³-hybridized carbons (Fsp3) is 0.421. The van der Waals surface area contributed by atoms with Crippen molar-refractivity contribution in [3.8, 4) is 0 Å². The van der Waals surface area contributed by atoms with Gasteiger partial charge in [0.25, 0.3) is 0 Å². The summed E-state index contributed by atoms with van der Waals surface area (Å²) in [5.74, 6) is -3.65. The van der Waals surface area contributed by atoms with Crippen LogP contribution in [-0.4, -0.2) is 59.9 Å². The average molecular weight is 775 g/mol. The van der Waals surface area contributed by atoms with Gasteiger partial charge in [-0.25, -0.2) is 0 Å². The molecule has 0 bridgehead atoms. The van der Waals surface area contributed by atoms with Crippen molar-refractivity contribution in [3.63, 3.8) is 0 Å². The average Bonchev–Trinajstić information content (AvgIpc) is 3.88. The van der Waals surface area contributed by atoms with Crippen molar-refractivity contribution in [2.24, 2.45) is 11.0 Å². The Balaban J connectivity index is 1.72. The largest absolute Gasteiger partial charge is 0.416 e. The van der Waals surface area contributed by atoms with Crippen molar-refractivity contribution >= 4 is 23.5 Å². The van der Waals surface area contributed by atoms with Crippen LogP contribution in [0.2, 0.25) is 0 Å². The van der Waals surface area contributed by atoms with Gasteiger partial charge in [0, 0.05) is 17.8 Å². The Morgan fingerprint density at radius 2 is 1.16 bits per heavy atom. The molecule has 11 nitrogen and oxygen atoms in total. The third kappa shape index (κ3) is 12.3. The molecule has 0 radical (unpaired) electrons. The van der Waals surface area contributed by atoms with E-state index in [-0.39, 0.29) is 37.9 Å². The summed E-state index contributed by atoms with van der Waals surface area (Å²) in [5.41, 5.74) is 5.29. The molecule has 1 aliphatic heterocycles. The van der Waals surface area contributed by atoms with Crippen LogP contribution in [0.1, 0.15) is 55.0 Å². The number of nitrogens with one attached hydrogen (secondary N) is 3. The minimum absolute atomic E-state index is 0.0492. The number of alkyl halides is 6. The smallest absolute Gasteiger partial charge is 0.361 e. The van der Waals surface area contributed by atoms with Crippen LogP contribution in [0.4, 0.5) is 26.3 Å². The number of carbonyl (C=O) groups is 4. The van der Waals surface area contributed by atoms with E-state index in [1.54, 1.807) is 74.5 Å². The molecule has 1 saturated heterocycles. The Morgan fingerprint density at radius 1 is 0.727 bits per heavy atom. The summed E-state index contributed by atoms with van der Waals surface area (Å²) in [6.45, 7) is 5.11. The molecule has 4 rings (SSSR count). The zero-order valence-electron chi connectivity index (χ0n) is 30.1. The van der Waals surface area contributed by atoms with Crippen LogP contribution in [0.25, 0.3) is 10.4 Å². The Morgan fingerprint density at radius 3 is 1.60 bits per heavy atom. The van der Waals surface area contributed by atoms with E-state index >= 15 is 0 Å². The summed E-state index contributed by atoms with van der Waals surface area (Å²) in [6, 6.07) is 11.8. The van der Waals surface area contributed by atoms with Gasteiger partial charge in [-0.2, -0.15) is 26.3 Å². The van der Waals surface area contributed by atoms with Crippen molar-refractivity contribution in [1.82, 2.24) is 16.0 Å². The minimum Gasteiger partial charge on any atom is -0.361 e. The molecule has 0 aromatic heterocycles. The number of ether oxygens (including phenoxy) is 1. The molecule has 3 aromatic rings. The van der Waals surface area contributed by atoms with Gasteiger partial charge >= 0.3 is 12.4 Å². The maximum atomic E-state index is 14.1. The summed E-state index contributed by atoms with van der Waals surface area (Å²) in [4.78, 5) is 57.7. The molecule has 3 aromatic carbocycles. The number of azide groups is 1. The lowest BCUT2D eigenvalue weighted by atomic mass is 9.92. The molecule has 1 fully saturated rings. The van der Waals surface area contributed by atoms with Crippen molar-refractivity contribution in [2.75, 3.05) is 6.61 Å². The summed E-state index contributed by atoms with van der Waals surface area (Å²) in [5, 5.41) is 11.1. The molecule has 5 atom stereocenters. The molecule has 3 N–H and O–H groups in total. The zero-order valence-corrected chi connectivity index (χ0v) is 30.1. The van der Waals surface area contributed by atoms with Crippen molar-refractivity contribution in [3.05, 3.63) is 117 Å². The van der Waals surface area contributed by atoms with E-state index in [0.29, 0.717) is 23.3 Å². The van der Waals surface area contributed by atoms with Gasteiger partial charge in [0.1, 0.15) is 23.7 Å². The van der Waals surface area contributed by atoms with Gasteiger partial charge in [0.05, 0.1) is 23.8 Å². The third-order valence-corrected chi connectivity index (χ3v) is 8.84. The Bertz CT molecular complexity index is 1850. The van der Waals surface area contributed by atoms with Crippen LogP contribution in [0.5, 0.6) is 0 Å². The fourth-order valence-corrected chi connectivity index (χ4v) is 5.86. The number of hydrogen-bond donors (Lipinski definition) is 3. The van der Waals surface area contributed by atoms with Crippen molar-refractivity contribution < 1.29 is 50.3 Å². The molecular formula is C38H40F6N6O5. The summed E-state index contributed by atoms with van der Waals surface area (Å²) < 4.78 is 88.0. The SMILES string of the molecule is CC(C)C[C@H](NC(=O)[C@H](Cc1cc(C(F)(F)F)cc(C(F)(F)F)c1)NC(=O)[C@H](Cc1ccccc1)NC(=O)C(Cc1ccccc1)N=[N+]=[N-])C(=O)[C@@]1(C)CO1. The van der Waals surface area contributed by atoms with Crippen molar-refractivity contribution in [1.29, 1.82) is 0 Å². The quantitative estimate of drug-likeness (QED) is 0.0482. The normalized spacial score (nSPS) is 17.6. The van der Waals surface area contributed by atoms with E-state index in [4.69, 9.17) is 4.74 Å². The number of benzene rings is 3. The number of halogens is 6. The molecule has 1 aliphatic rings. The van der Waals surface area contributed by atoms with Gasteiger partial charge in [-0.05, 0) is 66.1 Å². The fourth-order valence-electron chi connectivity index (χ4n) is 5.86. The maximum Gasteiger partial charge on any atom is 0.416 e. The second-order valence-electron chi connectivity index (χ2n) is 13.9. The molecule has 3 amide bonds. The van der Waals surface area contributed by atoms with Gasteiger partial charge in [-0.3, -0.25) is 19.2 Å². The highest BCUT2D eigenvalue weighted by Gasteiger charge is 2.50. The number of ketones is 1. The number of rotatable bonds is 17. The van der Waals surface area contributed by atoms with E-state index in [1.807, 2.05) is 0 Å². The van der Waals surface area contributed by atoms with Crippen LogP contribution < -0.4 is 16.0 Å². The van der Waals surface area contributed by atoms with Gasteiger partial charge < -0.3 is 20.7 Å². The number of carbonyl (C=O) groups excluding carboxylic acids is 4. The molecule has 0 saturated carbocycles. The lowest BCUT2D eigenvalue weighted by Crippen LogP contribution is -2.58. The first kappa shape index (κ1) is 42.3. The van der Waals surface area contributed by atoms with Gasteiger partial charge in [0.15, 0.2) is 5.78 Å². The van der Waals surface area contributed by atoms with E-state index in [1.165, 1.54) is 6.92 Å².